The van der Waals surface area contributed by atoms with Crippen LogP contribution in [0.2, 0.25) is 0 Å². The van der Waals surface area contributed by atoms with Crippen LogP contribution in [-0.4, -0.2) is 30.4 Å². The van der Waals surface area contributed by atoms with E-state index in [1.807, 2.05) is 19.1 Å². The molecule has 0 spiro atoms. The highest BCUT2D eigenvalue weighted by Gasteiger charge is 2.23. The number of aryl methyl sites for hydroxylation is 2. The fourth-order valence-electron chi connectivity index (χ4n) is 3.68. The van der Waals surface area contributed by atoms with Gasteiger partial charge in [-0.25, -0.2) is 0 Å². The first-order valence-electron chi connectivity index (χ1n) is 9.27. The predicted molar refractivity (Wildman–Crippen MR) is 105 cm³/mol. The topological polar surface area (TPSA) is 32.3 Å². The van der Waals surface area contributed by atoms with Crippen LogP contribution < -0.4 is 5.32 Å². The molecule has 25 heavy (non-hydrogen) atoms. The van der Waals surface area contributed by atoms with E-state index in [-0.39, 0.29) is 11.9 Å². The van der Waals surface area contributed by atoms with Gasteiger partial charge in [-0.05, 0) is 73.8 Å². The fraction of sp³-hybridized carbons (Fsp3) is 0.476. The number of benzene rings is 1. The molecule has 1 atom stereocenters. The lowest BCUT2D eigenvalue weighted by molar-refractivity contribution is 0.0932. The van der Waals surface area contributed by atoms with Crippen molar-refractivity contribution >= 4 is 17.2 Å². The minimum Gasteiger partial charge on any atom is -0.350 e. The fourth-order valence-corrected chi connectivity index (χ4v) is 4.39. The van der Waals surface area contributed by atoms with Gasteiger partial charge in [0.05, 0.1) is 6.04 Å². The second-order valence-corrected chi connectivity index (χ2v) is 7.83. The van der Waals surface area contributed by atoms with Crippen LogP contribution in [0.25, 0.3) is 0 Å². The maximum Gasteiger partial charge on any atom is 0.251 e. The molecule has 1 aromatic heterocycles. The zero-order chi connectivity index (χ0) is 17.6. The van der Waals surface area contributed by atoms with Gasteiger partial charge in [-0.2, -0.15) is 11.3 Å². The van der Waals surface area contributed by atoms with Crippen LogP contribution in [0.4, 0.5) is 0 Å². The van der Waals surface area contributed by atoms with Crippen LogP contribution in [0.15, 0.2) is 35.0 Å². The molecular formula is C21H28N2OS. The number of hydrogen-bond donors (Lipinski definition) is 1. The third-order valence-electron chi connectivity index (χ3n) is 5.09. The Labute approximate surface area is 155 Å². The second kappa shape index (κ2) is 8.63. The summed E-state index contributed by atoms with van der Waals surface area (Å²) in [5.74, 6) is 0.0348. The minimum atomic E-state index is 0.0348. The molecule has 0 saturated carbocycles. The van der Waals surface area contributed by atoms with Gasteiger partial charge in [0, 0.05) is 12.1 Å². The van der Waals surface area contributed by atoms with Crippen molar-refractivity contribution in [3.8, 4) is 0 Å². The van der Waals surface area contributed by atoms with Gasteiger partial charge in [0.2, 0.25) is 0 Å². The lowest BCUT2D eigenvalue weighted by Crippen LogP contribution is -2.38. The largest absolute Gasteiger partial charge is 0.350 e. The molecule has 2 heterocycles. The van der Waals surface area contributed by atoms with Crippen LogP contribution in [-0.2, 0) is 0 Å². The van der Waals surface area contributed by atoms with E-state index in [4.69, 9.17) is 0 Å². The molecule has 134 valence electrons. The number of thiophene rings is 1. The molecule has 1 fully saturated rings. The monoisotopic (exact) mass is 356 g/mol. The lowest BCUT2D eigenvalue weighted by Gasteiger charge is -2.30. The molecular weight excluding hydrogens is 328 g/mol. The molecule has 0 bridgehead atoms. The van der Waals surface area contributed by atoms with Gasteiger partial charge in [-0.15, -0.1) is 0 Å². The number of carbonyl (C=O) groups excluding carboxylic acids is 1. The summed E-state index contributed by atoms with van der Waals surface area (Å²) in [5.41, 5.74) is 4.34. The van der Waals surface area contributed by atoms with Gasteiger partial charge < -0.3 is 5.32 Å². The summed E-state index contributed by atoms with van der Waals surface area (Å²) in [6.45, 7) is 6.98. The van der Waals surface area contributed by atoms with E-state index in [0.29, 0.717) is 6.54 Å². The summed E-state index contributed by atoms with van der Waals surface area (Å²) < 4.78 is 0. The van der Waals surface area contributed by atoms with Crippen molar-refractivity contribution < 1.29 is 4.79 Å². The first kappa shape index (κ1) is 18.2. The Morgan fingerprint density at radius 1 is 1.16 bits per heavy atom. The van der Waals surface area contributed by atoms with Crippen LogP contribution in [0.1, 0.15) is 58.8 Å². The molecule has 1 aliphatic rings. The molecule has 3 rings (SSSR count). The molecule has 3 nitrogen and oxygen atoms in total. The maximum atomic E-state index is 12.7. The summed E-state index contributed by atoms with van der Waals surface area (Å²) in [5, 5.41) is 7.54. The number of amides is 1. The van der Waals surface area contributed by atoms with Crippen molar-refractivity contribution in [1.29, 1.82) is 0 Å². The second-order valence-electron chi connectivity index (χ2n) is 7.05. The van der Waals surface area contributed by atoms with Gasteiger partial charge in [0.15, 0.2) is 0 Å². The van der Waals surface area contributed by atoms with E-state index in [1.54, 1.807) is 11.3 Å². The zero-order valence-corrected chi connectivity index (χ0v) is 16.1. The normalized spacial score (nSPS) is 17.0. The summed E-state index contributed by atoms with van der Waals surface area (Å²) in [4.78, 5) is 15.2. The van der Waals surface area contributed by atoms with E-state index < -0.39 is 0 Å². The van der Waals surface area contributed by atoms with Gasteiger partial charge in [-0.3, -0.25) is 9.69 Å². The Morgan fingerprint density at radius 2 is 1.92 bits per heavy atom. The third-order valence-corrected chi connectivity index (χ3v) is 5.79. The number of hydrogen-bond acceptors (Lipinski definition) is 3. The van der Waals surface area contributed by atoms with Crippen molar-refractivity contribution in [1.82, 2.24) is 10.2 Å². The van der Waals surface area contributed by atoms with Gasteiger partial charge in [0.1, 0.15) is 0 Å². The van der Waals surface area contributed by atoms with Crippen molar-refractivity contribution in [2.75, 3.05) is 19.6 Å². The Kier molecular flexibility index (Phi) is 6.27. The predicted octanol–water partition coefficient (Wildman–Crippen LogP) is 4.71. The van der Waals surface area contributed by atoms with Gasteiger partial charge in [-0.1, -0.05) is 30.5 Å². The standard InChI is InChI=1S/C21H28N2OS/c1-16-7-8-19(17(2)13-16)21(24)22-14-20(18-9-12-25-15-18)23-10-5-3-4-6-11-23/h7-9,12-13,15,20H,3-6,10-11,14H2,1-2H3,(H,22,24). The zero-order valence-electron chi connectivity index (χ0n) is 15.3. The van der Waals surface area contributed by atoms with E-state index >= 15 is 0 Å². The Hall–Kier alpha value is -1.65. The SMILES string of the molecule is Cc1ccc(C(=O)NCC(c2ccsc2)N2CCCCCC2)c(C)c1. The van der Waals surface area contributed by atoms with E-state index in [0.717, 1.165) is 24.2 Å². The van der Waals surface area contributed by atoms with Gasteiger partial charge >= 0.3 is 0 Å². The maximum absolute atomic E-state index is 12.7. The van der Waals surface area contributed by atoms with E-state index in [1.165, 1.54) is 36.8 Å². The Morgan fingerprint density at radius 3 is 2.56 bits per heavy atom. The Bertz CT molecular complexity index is 688. The van der Waals surface area contributed by atoms with E-state index in [9.17, 15) is 4.79 Å². The molecule has 2 aromatic rings. The van der Waals surface area contributed by atoms with E-state index in [2.05, 4.69) is 40.0 Å². The minimum absolute atomic E-state index is 0.0348. The first-order chi connectivity index (χ1) is 12.1. The molecule has 4 heteroatoms. The number of carbonyl (C=O) groups is 1. The first-order valence-corrected chi connectivity index (χ1v) is 10.2. The molecule has 1 N–H and O–H groups in total. The van der Waals surface area contributed by atoms with Crippen LogP contribution >= 0.6 is 11.3 Å². The molecule has 1 aromatic carbocycles. The summed E-state index contributed by atoms with van der Waals surface area (Å²) in [6, 6.07) is 8.49. The highest BCUT2D eigenvalue weighted by atomic mass is 32.1. The molecule has 0 aliphatic carbocycles. The number of likely N-dealkylation sites (tertiary alicyclic amines) is 1. The summed E-state index contributed by atoms with van der Waals surface area (Å²) >= 11 is 1.73. The number of nitrogens with one attached hydrogen (secondary N) is 1. The molecule has 1 aliphatic heterocycles. The van der Waals surface area contributed by atoms with Crippen LogP contribution in [0.3, 0.4) is 0 Å². The highest BCUT2D eigenvalue weighted by molar-refractivity contribution is 7.07. The summed E-state index contributed by atoms with van der Waals surface area (Å²) in [7, 11) is 0. The number of rotatable bonds is 5. The molecule has 1 amide bonds. The van der Waals surface area contributed by atoms with Crippen molar-refractivity contribution in [3.05, 3.63) is 57.3 Å². The quantitative estimate of drug-likeness (QED) is 0.841. The lowest BCUT2D eigenvalue weighted by atomic mass is 10.0. The average molecular weight is 357 g/mol. The van der Waals surface area contributed by atoms with Crippen LogP contribution in [0.5, 0.6) is 0 Å². The molecule has 0 radical (unpaired) electrons. The smallest absolute Gasteiger partial charge is 0.251 e. The van der Waals surface area contributed by atoms with Crippen molar-refractivity contribution in [2.24, 2.45) is 0 Å². The Balaban J connectivity index is 1.70. The van der Waals surface area contributed by atoms with Gasteiger partial charge in [0.25, 0.3) is 5.91 Å². The van der Waals surface area contributed by atoms with Crippen LogP contribution in [0, 0.1) is 13.8 Å². The number of nitrogens with zero attached hydrogens (tertiary/aromatic N) is 1. The average Bonchev–Trinajstić information content (AvgIpc) is 2.98. The summed E-state index contributed by atoms with van der Waals surface area (Å²) in [6.07, 6.45) is 5.15. The van der Waals surface area contributed by atoms with Crippen molar-refractivity contribution in [3.63, 3.8) is 0 Å². The molecule has 1 saturated heterocycles. The third kappa shape index (κ3) is 4.71. The molecule has 1 unspecified atom stereocenters. The van der Waals surface area contributed by atoms with Crippen molar-refractivity contribution in [2.45, 2.75) is 45.6 Å². The highest BCUT2D eigenvalue weighted by Crippen LogP contribution is 2.25.